The molecule has 1 aliphatic heterocycles. The highest BCUT2D eigenvalue weighted by Gasteiger charge is 2.24. The van der Waals surface area contributed by atoms with Gasteiger partial charge in [0.1, 0.15) is 0 Å². The topological polar surface area (TPSA) is 83.6 Å². The zero-order valence-corrected chi connectivity index (χ0v) is 19.1. The first-order valence-electron chi connectivity index (χ1n) is 10.1. The lowest BCUT2D eigenvalue weighted by molar-refractivity contribution is 0.1000. The van der Waals surface area contributed by atoms with Crippen LogP contribution < -0.4 is 5.73 Å². The van der Waals surface area contributed by atoms with Gasteiger partial charge in [-0.05, 0) is 59.0 Å². The van der Waals surface area contributed by atoms with Crippen molar-refractivity contribution in [2.75, 3.05) is 0 Å². The fraction of sp³-hybridized carbons (Fsp3) is 0.160. The van der Waals surface area contributed by atoms with Crippen LogP contribution in [0.25, 0.3) is 5.57 Å². The predicted octanol–water partition coefficient (Wildman–Crippen LogP) is 5.13. The summed E-state index contributed by atoms with van der Waals surface area (Å²) in [7, 11) is 0. The number of carbonyl (C=O) groups excluding carboxylic acids is 1. The van der Waals surface area contributed by atoms with Gasteiger partial charge in [0.05, 0.1) is 11.8 Å². The summed E-state index contributed by atoms with van der Waals surface area (Å²) in [6, 6.07) is 20.9. The van der Waals surface area contributed by atoms with E-state index in [9.17, 15) is 13.6 Å². The van der Waals surface area contributed by atoms with Crippen LogP contribution in [0.3, 0.4) is 0 Å². The molecular formula is C25H23ClN2O3S. The van der Waals surface area contributed by atoms with E-state index in [1.54, 1.807) is 6.07 Å². The van der Waals surface area contributed by atoms with Crippen molar-refractivity contribution in [2.24, 2.45) is 5.73 Å². The van der Waals surface area contributed by atoms with E-state index in [0.29, 0.717) is 17.1 Å². The van der Waals surface area contributed by atoms with Gasteiger partial charge in [0.2, 0.25) is 5.91 Å². The maximum Gasteiger partial charge on any atom is 0.248 e. The molecule has 0 aromatic heterocycles. The summed E-state index contributed by atoms with van der Waals surface area (Å²) in [5.74, 6) is -0.359. The fourth-order valence-electron chi connectivity index (χ4n) is 3.98. The zero-order valence-electron chi connectivity index (χ0n) is 17.5. The van der Waals surface area contributed by atoms with Crippen LogP contribution in [0.4, 0.5) is 0 Å². The van der Waals surface area contributed by atoms with Gasteiger partial charge in [-0.1, -0.05) is 54.1 Å². The molecule has 1 aliphatic rings. The van der Waals surface area contributed by atoms with Crippen molar-refractivity contribution >= 4 is 34.2 Å². The minimum absolute atomic E-state index is 0.0216. The third-order valence-corrected chi connectivity index (χ3v) is 6.54. The second kappa shape index (κ2) is 9.28. The zero-order chi connectivity index (χ0) is 22.8. The maximum atomic E-state index is 11.8. The molecule has 7 heteroatoms. The molecule has 0 fully saturated rings. The maximum absolute atomic E-state index is 11.8. The first-order valence-corrected chi connectivity index (χ1v) is 11.8. The standard InChI is InChI=1S/C25H23ClN2O3S/c1-16(19-4-2-3-17(11-19)15-32(30)31)28-13-21-6-5-20(25(27)29)12-23(21)24(14-28)18-7-9-22(26)10-8-18/h2-12,14,16H,13,15H2,1H3,(H2,27,29)(H,30,31). The quantitative estimate of drug-likeness (QED) is 0.493. The molecule has 0 bridgehead atoms. The van der Waals surface area contributed by atoms with E-state index in [1.807, 2.05) is 60.7 Å². The molecular weight excluding hydrogens is 444 g/mol. The summed E-state index contributed by atoms with van der Waals surface area (Å²) < 4.78 is 20.5. The number of hydrogen-bond donors (Lipinski definition) is 2. The molecule has 1 heterocycles. The number of nitrogens with two attached hydrogens (primary N) is 1. The molecule has 0 saturated carbocycles. The molecule has 3 N–H and O–H groups in total. The van der Waals surface area contributed by atoms with Gasteiger partial charge in [-0.15, -0.1) is 0 Å². The first kappa shape index (κ1) is 22.3. The largest absolute Gasteiger partial charge is 0.366 e. The van der Waals surface area contributed by atoms with Crippen LogP contribution in [-0.4, -0.2) is 19.6 Å². The monoisotopic (exact) mass is 466 g/mol. The predicted molar refractivity (Wildman–Crippen MR) is 128 cm³/mol. The van der Waals surface area contributed by atoms with E-state index in [2.05, 4.69) is 18.0 Å². The van der Waals surface area contributed by atoms with Crippen LogP contribution >= 0.6 is 11.6 Å². The minimum Gasteiger partial charge on any atom is -0.366 e. The number of halogens is 1. The van der Waals surface area contributed by atoms with Crippen LogP contribution in [0.2, 0.25) is 5.02 Å². The molecule has 4 rings (SSSR count). The molecule has 0 radical (unpaired) electrons. The van der Waals surface area contributed by atoms with E-state index in [-0.39, 0.29) is 11.8 Å². The molecule has 164 valence electrons. The van der Waals surface area contributed by atoms with Crippen molar-refractivity contribution in [1.82, 2.24) is 4.90 Å². The molecule has 32 heavy (non-hydrogen) atoms. The Morgan fingerprint density at radius 1 is 1.16 bits per heavy atom. The van der Waals surface area contributed by atoms with Crippen molar-refractivity contribution in [3.8, 4) is 0 Å². The third kappa shape index (κ3) is 4.78. The SMILES string of the molecule is CC(c1cccc(CS(=O)O)c1)N1C=C(c2ccc(Cl)cc2)c2cc(C(N)=O)ccc2C1. The number of primary amides is 1. The smallest absolute Gasteiger partial charge is 0.248 e. The molecule has 2 unspecified atom stereocenters. The lowest BCUT2D eigenvalue weighted by atomic mass is 9.89. The van der Waals surface area contributed by atoms with Gasteiger partial charge in [-0.2, -0.15) is 0 Å². The van der Waals surface area contributed by atoms with Crippen LogP contribution in [0.5, 0.6) is 0 Å². The Hall–Kier alpha value is -2.93. The summed E-state index contributed by atoms with van der Waals surface area (Å²) in [5.41, 5.74) is 11.9. The number of rotatable bonds is 6. The average Bonchev–Trinajstić information content (AvgIpc) is 2.77. The van der Waals surface area contributed by atoms with Gasteiger partial charge in [-0.3, -0.25) is 4.79 Å². The van der Waals surface area contributed by atoms with E-state index < -0.39 is 17.0 Å². The van der Waals surface area contributed by atoms with Gasteiger partial charge in [0, 0.05) is 28.9 Å². The molecule has 3 aromatic rings. The average molecular weight is 467 g/mol. The molecule has 1 amide bonds. The molecule has 5 nitrogen and oxygen atoms in total. The molecule has 0 aliphatic carbocycles. The fourth-order valence-corrected chi connectivity index (χ4v) is 4.57. The normalized spacial score (nSPS) is 15.0. The van der Waals surface area contributed by atoms with Crippen LogP contribution in [0.15, 0.2) is 72.9 Å². The Kier molecular flexibility index (Phi) is 6.46. The molecule has 2 atom stereocenters. The Balaban J connectivity index is 1.76. The summed E-state index contributed by atoms with van der Waals surface area (Å²) in [4.78, 5) is 14.0. The summed E-state index contributed by atoms with van der Waals surface area (Å²) in [5, 5.41) is 0.652. The van der Waals surface area contributed by atoms with Crippen molar-refractivity contribution in [2.45, 2.75) is 25.3 Å². The van der Waals surface area contributed by atoms with Crippen molar-refractivity contribution < 1.29 is 13.6 Å². The Morgan fingerprint density at radius 2 is 1.91 bits per heavy atom. The number of hydrogen-bond acceptors (Lipinski definition) is 3. The van der Waals surface area contributed by atoms with Crippen LogP contribution in [0, 0.1) is 0 Å². The highest BCUT2D eigenvalue weighted by molar-refractivity contribution is 7.78. The van der Waals surface area contributed by atoms with E-state index >= 15 is 0 Å². The van der Waals surface area contributed by atoms with E-state index in [4.69, 9.17) is 17.3 Å². The Morgan fingerprint density at radius 3 is 2.59 bits per heavy atom. The van der Waals surface area contributed by atoms with Gasteiger partial charge in [0.25, 0.3) is 0 Å². The number of amides is 1. The van der Waals surface area contributed by atoms with Gasteiger partial charge in [0.15, 0.2) is 11.1 Å². The lowest BCUT2D eigenvalue weighted by Crippen LogP contribution is -2.26. The summed E-state index contributed by atoms with van der Waals surface area (Å²) >= 11 is 4.21. The number of nitrogens with zero attached hydrogens (tertiary/aromatic N) is 1. The summed E-state index contributed by atoms with van der Waals surface area (Å²) in [6.07, 6.45) is 2.10. The molecule has 0 spiro atoms. The number of fused-ring (bicyclic) bond motifs is 1. The highest BCUT2D eigenvalue weighted by atomic mass is 35.5. The van der Waals surface area contributed by atoms with Crippen molar-refractivity contribution in [3.63, 3.8) is 0 Å². The minimum atomic E-state index is -1.89. The van der Waals surface area contributed by atoms with E-state index in [1.165, 1.54) is 0 Å². The lowest BCUT2D eigenvalue weighted by Gasteiger charge is -2.34. The molecule has 3 aromatic carbocycles. The second-order valence-corrected chi connectivity index (χ2v) is 9.21. The van der Waals surface area contributed by atoms with Crippen LogP contribution in [0.1, 0.15) is 51.1 Å². The Bertz CT molecular complexity index is 1220. The van der Waals surface area contributed by atoms with E-state index in [0.717, 1.165) is 33.4 Å². The van der Waals surface area contributed by atoms with Crippen molar-refractivity contribution in [3.05, 3.63) is 111 Å². The number of carbonyl (C=O) groups is 1. The Labute approximate surface area is 194 Å². The van der Waals surface area contributed by atoms with Gasteiger partial charge < -0.3 is 15.2 Å². The molecule has 0 saturated heterocycles. The number of benzene rings is 3. The second-order valence-electron chi connectivity index (χ2n) is 7.85. The third-order valence-electron chi connectivity index (χ3n) is 5.71. The highest BCUT2D eigenvalue weighted by Crippen LogP contribution is 2.36. The van der Waals surface area contributed by atoms with Gasteiger partial charge in [-0.25, -0.2) is 4.21 Å². The first-order chi connectivity index (χ1) is 15.3. The van der Waals surface area contributed by atoms with Gasteiger partial charge >= 0.3 is 0 Å². The van der Waals surface area contributed by atoms with Crippen LogP contribution in [-0.2, 0) is 23.4 Å². The summed E-state index contributed by atoms with van der Waals surface area (Å²) in [6.45, 7) is 2.76. The van der Waals surface area contributed by atoms with Crippen molar-refractivity contribution in [1.29, 1.82) is 0 Å².